The normalized spacial score (nSPS) is 30.1. The van der Waals surface area contributed by atoms with Crippen molar-refractivity contribution in [3.05, 3.63) is 4.91 Å². The largest absolute Gasteiger partial charge is 0.310 e. The minimum absolute atomic E-state index is 0.153. The number of nitrogens with zero attached hydrogens (tertiary/aromatic N) is 2. The lowest BCUT2D eigenvalue weighted by atomic mass is 9.93. The van der Waals surface area contributed by atoms with Crippen LogP contribution in [0.4, 0.5) is 0 Å². The first-order chi connectivity index (χ1) is 5.09. The maximum absolute atomic E-state index is 10.4. The number of rotatable bonds is 1. The van der Waals surface area contributed by atoms with Gasteiger partial charge in [0.2, 0.25) is 0 Å². The third kappa shape index (κ3) is 1.35. The Kier molecular flexibility index (Phi) is 2.13. The van der Waals surface area contributed by atoms with E-state index in [1.54, 1.807) is 5.01 Å². The van der Waals surface area contributed by atoms with Gasteiger partial charge in [0.15, 0.2) is 0 Å². The van der Waals surface area contributed by atoms with E-state index in [0.29, 0.717) is 12.6 Å². The fourth-order valence-electron chi connectivity index (χ4n) is 1.29. The molecule has 0 spiro atoms. The summed E-state index contributed by atoms with van der Waals surface area (Å²) in [5.74, 6) is 0. The lowest BCUT2D eigenvalue weighted by Crippen LogP contribution is -2.61. The lowest BCUT2D eigenvalue weighted by Gasteiger charge is -2.43. The van der Waals surface area contributed by atoms with Crippen molar-refractivity contribution in [2.45, 2.75) is 32.4 Å². The number of hydrogen-bond donors (Lipinski definition) is 1. The van der Waals surface area contributed by atoms with Gasteiger partial charge in [0, 0.05) is 12.6 Å². The monoisotopic (exact) mass is 157 g/mol. The summed E-state index contributed by atoms with van der Waals surface area (Å²) in [6.45, 7) is 7.66. The van der Waals surface area contributed by atoms with Crippen molar-refractivity contribution >= 4 is 0 Å². The molecule has 0 radical (unpaired) electrons. The molecule has 1 atom stereocenters. The molecule has 1 N–H and O–H groups in total. The van der Waals surface area contributed by atoms with Crippen molar-refractivity contribution in [1.82, 2.24) is 10.3 Å². The van der Waals surface area contributed by atoms with Gasteiger partial charge in [-0.3, -0.25) is 5.01 Å². The van der Waals surface area contributed by atoms with Gasteiger partial charge in [-0.15, -0.1) is 4.91 Å². The van der Waals surface area contributed by atoms with Gasteiger partial charge in [0.25, 0.3) is 0 Å². The summed E-state index contributed by atoms with van der Waals surface area (Å²) in [6, 6.07) is 0.314. The van der Waals surface area contributed by atoms with Crippen LogP contribution in [0, 0.1) is 4.91 Å². The van der Waals surface area contributed by atoms with Crippen molar-refractivity contribution in [3.8, 4) is 0 Å². The average molecular weight is 157 g/mol. The third-order valence-corrected chi connectivity index (χ3v) is 2.60. The molecule has 11 heavy (non-hydrogen) atoms. The predicted octanol–water partition coefficient (Wildman–Crippen LogP) is 0.740. The van der Waals surface area contributed by atoms with Gasteiger partial charge >= 0.3 is 0 Å². The zero-order valence-electron chi connectivity index (χ0n) is 7.29. The SMILES string of the molecule is CC1NCCN(N=O)C1(C)C. The highest BCUT2D eigenvalue weighted by atomic mass is 16.3. The summed E-state index contributed by atoms with van der Waals surface area (Å²) in [4.78, 5) is 10.4. The van der Waals surface area contributed by atoms with E-state index >= 15 is 0 Å². The van der Waals surface area contributed by atoms with Gasteiger partial charge < -0.3 is 5.32 Å². The molecular formula is C7H15N3O. The van der Waals surface area contributed by atoms with E-state index in [1.807, 2.05) is 13.8 Å². The molecule has 4 nitrogen and oxygen atoms in total. The van der Waals surface area contributed by atoms with E-state index in [4.69, 9.17) is 0 Å². The zero-order valence-corrected chi connectivity index (χ0v) is 7.29. The van der Waals surface area contributed by atoms with Crippen LogP contribution in [0.25, 0.3) is 0 Å². The Morgan fingerprint density at radius 2 is 2.27 bits per heavy atom. The van der Waals surface area contributed by atoms with Crippen LogP contribution in [0.3, 0.4) is 0 Å². The lowest BCUT2D eigenvalue weighted by molar-refractivity contribution is 0.0563. The summed E-state index contributed by atoms with van der Waals surface area (Å²) < 4.78 is 0. The van der Waals surface area contributed by atoms with E-state index in [2.05, 4.69) is 17.5 Å². The minimum atomic E-state index is -0.153. The molecule has 1 fully saturated rings. The van der Waals surface area contributed by atoms with Gasteiger partial charge in [0.1, 0.15) is 0 Å². The van der Waals surface area contributed by atoms with Gasteiger partial charge in [-0.2, -0.15) is 0 Å². The molecule has 0 aliphatic carbocycles. The van der Waals surface area contributed by atoms with Crippen LogP contribution in [0.1, 0.15) is 20.8 Å². The molecule has 0 aromatic heterocycles. The molecule has 1 rings (SSSR count). The van der Waals surface area contributed by atoms with Crippen molar-refractivity contribution in [1.29, 1.82) is 0 Å². The van der Waals surface area contributed by atoms with Crippen LogP contribution in [0.15, 0.2) is 5.29 Å². The van der Waals surface area contributed by atoms with Crippen LogP contribution < -0.4 is 5.32 Å². The third-order valence-electron chi connectivity index (χ3n) is 2.60. The maximum Gasteiger partial charge on any atom is 0.0705 e. The zero-order chi connectivity index (χ0) is 8.48. The van der Waals surface area contributed by atoms with E-state index in [0.717, 1.165) is 6.54 Å². The van der Waals surface area contributed by atoms with Gasteiger partial charge in [-0.1, -0.05) is 0 Å². The van der Waals surface area contributed by atoms with E-state index in [9.17, 15) is 4.91 Å². The van der Waals surface area contributed by atoms with Crippen molar-refractivity contribution in [2.24, 2.45) is 5.29 Å². The molecule has 1 unspecified atom stereocenters. The molecule has 64 valence electrons. The molecule has 0 saturated carbocycles. The number of nitroso groups, excluding NO2 is 1. The summed E-state index contributed by atoms with van der Waals surface area (Å²) >= 11 is 0. The van der Waals surface area contributed by atoms with Crippen molar-refractivity contribution in [3.63, 3.8) is 0 Å². The highest BCUT2D eigenvalue weighted by Crippen LogP contribution is 2.21. The topological polar surface area (TPSA) is 44.7 Å². The highest BCUT2D eigenvalue weighted by Gasteiger charge is 2.35. The Labute approximate surface area is 66.9 Å². The second-order valence-electron chi connectivity index (χ2n) is 3.53. The van der Waals surface area contributed by atoms with Crippen LogP contribution >= 0.6 is 0 Å². The number of nitrogens with one attached hydrogen (secondary N) is 1. The molecule has 1 aliphatic rings. The quantitative estimate of drug-likeness (QED) is 0.571. The predicted molar refractivity (Wildman–Crippen MR) is 44.0 cm³/mol. The van der Waals surface area contributed by atoms with Crippen LogP contribution in [-0.4, -0.2) is 29.7 Å². The van der Waals surface area contributed by atoms with Gasteiger partial charge in [-0.25, -0.2) is 0 Å². The molecule has 0 aromatic rings. The van der Waals surface area contributed by atoms with Crippen molar-refractivity contribution < 1.29 is 0 Å². The Morgan fingerprint density at radius 3 is 2.73 bits per heavy atom. The summed E-state index contributed by atoms with van der Waals surface area (Å²) in [7, 11) is 0. The smallest absolute Gasteiger partial charge is 0.0705 e. The molecule has 0 bridgehead atoms. The molecule has 1 saturated heterocycles. The molecule has 4 heteroatoms. The fourth-order valence-corrected chi connectivity index (χ4v) is 1.29. The van der Waals surface area contributed by atoms with Gasteiger partial charge in [-0.05, 0) is 20.8 Å². The second-order valence-corrected chi connectivity index (χ2v) is 3.53. The Balaban J connectivity index is 2.72. The molecule has 0 amide bonds. The highest BCUT2D eigenvalue weighted by molar-refractivity contribution is 4.93. The second kappa shape index (κ2) is 2.77. The van der Waals surface area contributed by atoms with E-state index in [1.165, 1.54) is 0 Å². The standard InChI is InChI=1S/C7H15N3O/c1-6-7(2,3)10(9-11)5-4-8-6/h6,8H,4-5H2,1-3H3. The number of piperazine rings is 1. The molecule has 1 aliphatic heterocycles. The fraction of sp³-hybridized carbons (Fsp3) is 1.00. The first-order valence-corrected chi connectivity index (χ1v) is 3.93. The molecular weight excluding hydrogens is 142 g/mol. The molecule has 1 heterocycles. The number of hydrogen-bond acceptors (Lipinski definition) is 3. The maximum atomic E-state index is 10.4. The van der Waals surface area contributed by atoms with E-state index < -0.39 is 0 Å². The summed E-state index contributed by atoms with van der Waals surface area (Å²) in [5, 5.41) is 7.90. The summed E-state index contributed by atoms with van der Waals surface area (Å²) in [6.07, 6.45) is 0. The molecule has 0 aromatic carbocycles. The Morgan fingerprint density at radius 1 is 1.64 bits per heavy atom. The van der Waals surface area contributed by atoms with Gasteiger partial charge in [0.05, 0.1) is 17.4 Å². The first kappa shape index (κ1) is 8.46. The summed E-state index contributed by atoms with van der Waals surface area (Å²) in [5.41, 5.74) is -0.153. The van der Waals surface area contributed by atoms with Crippen LogP contribution in [-0.2, 0) is 0 Å². The van der Waals surface area contributed by atoms with Crippen molar-refractivity contribution in [2.75, 3.05) is 13.1 Å². The van der Waals surface area contributed by atoms with Crippen LogP contribution in [0.5, 0.6) is 0 Å². The average Bonchev–Trinajstić information content (AvgIpc) is 1.95. The first-order valence-electron chi connectivity index (χ1n) is 3.93. The van der Waals surface area contributed by atoms with Crippen LogP contribution in [0.2, 0.25) is 0 Å². The Hall–Kier alpha value is -0.640. The van der Waals surface area contributed by atoms with E-state index in [-0.39, 0.29) is 5.54 Å². The Bertz CT molecular complexity index is 158. The minimum Gasteiger partial charge on any atom is -0.310 e.